The quantitative estimate of drug-likeness (QED) is 0.788. The largest absolute Gasteiger partial charge is 0.497 e. The van der Waals surface area contributed by atoms with Gasteiger partial charge in [-0.1, -0.05) is 0 Å². The minimum Gasteiger partial charge on any atom is -0.497 e. The summed E-state index contributed by atoms with van der Waals surface area (Å²) in [5.74, 6) is 0.883. The summed E-state index contributed by atoms with van der Waals surface area (Å²) in [4.78, 5) is 3.36. The van der Waals surface area contributed by atoms with E-state index in [9.17, 15) is 0 Å². The summed E-state index contributed by atoms with van der Waals surface area (Å²) in [6, 6.07) is 4.06. The molecule has 0 spiro atoms. The number of ether oxygens (including phenoxy) is 1. The molecular weight excluding hydrogens is 188 g/mol. The zero-order chi connectivity index (χ0) is 11.0. The molecule has 3 nitrogen and oxygen atoms in total. The van der Waals surface area contributed by atoms with Gasteiger partial charge in [-0.2, -0.15) is 0 Å². The zero-order valence-electron chi connectivity index (χ0n) is 9.35. The molecule has 80 valence electrons. The summed E-state index contributed by atoms with van der Waals surface area (Å²) < 4.78 is 5.26. The van der Waals surface area contributed by atoms with Crippen molar-refractivity contribution in [2.24, 2.45) is 5.73 Å². The van der Waals surface area contributed by atoms with Gasteiger partial charge in [0.05, 0.1) is 7.11 Å². The Balaban J connectivity index is 2.80. The molecule has 1 aromatic carbocycles. The van der Waals surface area contributed by atoms with Crippen LogP contribution in [0.1, 0.15) is 16.8 Å². The minimum atomic E-state index is 0.554. The number of H-pyrrole nitrogens is 1. The van der Waals surface area contributed by atoms with Gasteiger partial charge in [-0.05, 0) is 37.1 Å². The van der Waals surface area contributed by atoms with Crippen LogP contribution in [0.25, 0.3) is 10.9 Å². The maximum Gasteiger partial charge on any atom is 0.119 e. The van der Waals surface area contributed by atoms with Crippen LogP contribution in [-0.4, -0.2) is 12.1 Å². The number of fused-ring (bicyclic) bond motifs is 1. The average molecular weight is 204 g/mol. The molecule has 3 heteroatoms. The lowest BCUT2D eigenvalue weighted by atomic mass is 10.1. The number of hydrogen-bond acceptors (Lipinski definition) is 2. The highest BCUT2D eigenvalue weighted by molar-refractivity contribution is 5.88. The van der Waals surface area contributed by atoms with Crippen molar-refractivity contribution < 1.29 is 4.74 Å². The molecule has 2 rings (SSSR count). The molecule has 0 aliphatic rings. The molecule has 0 amide bonds. The first-order chi connectivity index (χ1) is 7.17. The monoisotopic (exact) mass is 204 g/mol. The topological polar surface area (TPSA) is 51.0 Å². The number of aryl methyl sites for hydroxylation is 2. The molecular formula is C12H16N2O. The number of nitrogens with two attached hydrogens (primary N) is 1. The third-order valence-corrected chi connectivity index (χ3v) is 2.84. The lowest BCUT2D eigenvalue weighted by molar-refractivity contribution is 0.415. The van der Waals surface area contributed by atoms with Crippen LogP contribution in [0, 0.1) is 13.8 Å². The van der Waals surface area contributed by atoms with Gasteiger partial charge < -0.3 is 15.5 Å². The Bertz CT molecular complexity index is 500. The van der Waals surface area contributed by atoms with E-state index in [1.165, 1.54) is 16.5 Å². The number of aromatic nitrogens is 1. The predicted octanol–water partition coefficient (Wildman–Crippen LogP) is 2.25. The van der Waals surface area contributed by atoms with Gasteiger partial charge in [-0.3, -0.25) is 0 Å². The van der Waals surface area contributed by atoms with Crippen molar-refractivity contribution in [2.45, 2.75) is 20.4 Å². The number of benzene rings is 1. The Hall–Kier alpha value is -1.48. The zero-order valence-corrected chi connectivity index (χ0v) is 9.35. The van der Waals surface area contributed by atoms with Crippen LogP contribution in [0.2, 0.25) is 0 Å². The first kappa shape index (κ1) is 10.1. The number of rotatable bonds is 2. The molecule has 0 bridgehead atoms. The molecule has 0 saturated heterocycles. The summed E-state index contributed by atoms with van der Waals surface area (Å²) in [5, 5.41) is 1.17. The molecule has 0 fully saturated rings. The summed E-state index contributed by atoms with van der Waals surface area (Å²) in [5.41, 5.74) is 10.4. The van der Waals surface area contributed by atoms with Crippen LogP contribution in [0.15, 0.2) is 12.1 Å². The van der Waals surface area contributed by atoms with Crippen molar-refractivity contribution in [3.63, 3.8) is 0 Å². The van der Waals surface area contributed by atoms with Gasteiger partial charge in [-0.15, -0.1) is 0 Å². The van der Waals surface area contributed by atoms with E-state index in [0.717, 1.165) is 17.0 Å². The maximum absolute atomic E-state index is 5.74. The molecule has 0 saturated carbocycles. The van der Waals surface area contributed by atoms with E-state index in [1.54, 1.807) is 7.11 Å². The van der Waals surface area contributed by atoms with Gasteiger partial charge in [0.15, 0.2) is 0 Å². The van der Waals surface area contributed by atoms with E-state index in [4.69, 9.17) is 10.5 Å². The predicted molar refractivity (Wildman–Crippen MR) is 62.2 cm³/mol. The highest BCUT2D eigenvalue weighted by atomic mass is 16.5. The van der Waals surface area contributed by atoms with Gasteiger partial charge in [0.2, 0.25) is 0 Å². The third-order valence-electron chi connectivity index (χ3n) is 2.84. The molecule has 0 radical (unpaired) electrons. The minimum absolute atomic E-state index is 0.554. The Morgan fingerprint density at radius 3 is 2.67 bits per heavy atom. The number of aromatic amines is 1. The smallest absolute Gasteiger partial charge is 0.119 e. The van der Waals surface area contributed by atoms with Crippen molar-refractivity contribution >= 4 is 10.9 Å². The standard InChI is InChI=1S/C12H16N2O/c1-7-4-9(15-3)5-10-11(6-13)8(2)14-12(7)10/h4-5,14H,6,13H2,1-3H3. The van der Waals surface area contributed by atoms with E-state index < -0.39 is 0 Å². The molecule has 1 heterocycles. The van der Waals surface area contributed by atoms with Gasteiger partial charge in [0, 0.05) is 23.1 Å². The molecule has 0 atom stereocenters. The van der Waals surface area contributed by atoms with E-state index in [-0.39, 0.29) is 0 Å². The van der Waals surface area contributed by atoms with Crippen LogP contribution in [0.5, 0.6) is 5.75 Å². The first-order valence-electron chi connectivity index (χ1n) is 5.03. The second kappa shape index (κ2) is 3.59. The highest BCUT2D eigenvalue weighted by Gasteiger charge is 2.10. The summed E-state index contributed by atoms with van der Waals surface area (Å²) >= 11 is 0. The van der Waals surface area contributed by atoms with Crippen LogP contribution in [-0.2, 0) is 6.54 Å². The molecule has 0 aliphatic carbocycles. The molecule has 1 aromatic heterocycles. The third kappa shape index (κ3) is 1.49. The van der Waals surface area contributed by atoms with Gasteiger partial charge in [0.1, 0.15) is 5.75 Å². The lowest BCUT2D eigenvalue weighted by Crippen LogP contribution is -1.97. The van der Waals surface area contributed by atoms with Crippen LogP contribution in [0.4, 0.5) is 0 Å². The highest BCUT2D eigenvalue weighted by Crippen LogP contribution is 2.28. The van der Waals surface area contributed by atoms with Crippen molar-refractivity contribution in [2.75, 3.05) is 7.11 Å². The first-order valence-corrected chi connectivity index (χ1v) is 5.03. The van der Waals surface area contributed by atoms with Crippen LogP contribution in [0.3, 0.4) is 0 Å². The van der Waals surface area contributed by atoms with Crippen LogP contribution < -0.4 is 10.5 Å². The summed E-state index contributed by atoms with van der Waals surface area (Å²) in [6.07, 6.45) is 0. The second-order valence-electron chi connectivity index (χ2n) is 3.80. The lowest BCUT2D eigenvalue weighted by Gasteiger charge is -2.03. The second-order valence-corrected chi connectivity index (χ2v) is 3.80. The molecule has 0 unspecified atom stereocenters. The van der Waals surface area contributed by atoms with Crippen molar-refractivity contribution in [1.29, 1.82) is 0 Å². The fraction of sp³-hybridized carbons (Fsp3) is 0.333. The van der Waals surface area contributed by atoms with E-state index in [2.05, 4.69) is 11.9 Å². The maximum atomic E-state index is 5.74. The van der Waals surface area contributed by atoms with Crippen molar-refractivity contribution in [1.82, 2.24) is 4.98 Å². The van der Waals surface area contributed by atoms with Gasteiger partial charge in [0.25, 0.3) is 0 Å². The summed E-state index contributed by atoms with van der Waals surface area (Å²) in [6.45, 7) is 4.67. The van der Waals surface area contributed by atoms with Crippen molar-refractivity contribution in [3.05, 3.63) is 29.0 Å². The number of hydrogen-bond donors (Lipinski definition) is 2. The average Bonchev–Trinajstić information content (AvgIpc) is 2.54. The Labute approximate surface area is 89.2 Å². The van der Waals surface area contributed by atoms with Gasteiger partial charge in [-0.25, -0.2) is 0 Å². The van der Waals surface area contributed by atoms with Crippen LogP contribution >= 0.6 is 0 Å². The Morgan fingerprint density at radius 1 is 1.33 bits per heavy atom. The molecule has 0 aliphatic heterocycles. The normalized spacial score (nSPS) is 10.9. The number of methoxy groups -OCH3 is 1. The SMILES string of the molecule is COc1cc(C)c2[nH]c(C)c(CN)c2c1. The Morgan fingerprint density at radius 2 is 2.07 bits per heavy atom. The fourth-order valence-electron chi connectivity index (χ4n) is 2.00. The van der Waals surface area contributed by atoms with E-state index in [1.807, 2.05) is 19.1 Å². The fourth-order valence-corrected chi connectivity index (χ4v) is 2.00. The van der Waals surface area contributed by atoms with Crippen molar-refractivity contribution in [3.8, 4) is 5.75 Å². The number of nitrogens with one attached hydrogen (secondary N) is 1. The Kier molecular flexibility index (Phi) is 2.40. The van der Waals surface area contributed by atoms with Gasteiger partial charge >= 0.3 is 0 Å². The molecule has 3 N–H and O–H groups in total. The summed E-state index contributed by atoms with van der Waals surface area (Å²) in [7, 11) is 1.68. The van der Waals surface area contributed by atoms with E-state index in [0.29, 0.717) is 6.54 Å². The van der Waals surface area contributed by atoms with E-state index >= 15 is 0 Å². The molecule has 15 heavy (non-hydrogen) atoms. The molecule has 2 aromatic rings.